The van der Waals surface area contributed by atoms with Crippen molar-refractivity contribution in [1.29, 1.82) is 0 Å². The van der Waals surface area contributed by atoms with Crippen molar-refractivity contribution in [3.8, 4) is 5.75 Å². The minimum Gasteiger partial charge on any atom is -0.497 e. The van der Waals surface area contributed by atoms with Gasteiger partial charge in [-0.1, -0.05) is 43.0 Å². The van der Waals surface area contributed by atoms with Crippen molar-refractivity contribution >= 4 is 22.1 Å². The van der Waals surface area contributed by atoms with E-state index < -0.39 is 0 Å². The highest BCUT2D eigenvalue weighted by Crippen LogP contribution is 2.23. The lowest BCUT2D eigenvalue weighted by Gasteiger charge is -2.08. The van der Waals surface area contributed by atoms with E-state index in [1.165, 1.54) is 0 Å². The summed E-state index contributed by atoms with van der Waals surface area (Å²) in [5.74, 6) is 0.658. The lowest BCUT2D eigenvalue weighted by molar-refractivity contribution is 0.105. The van der Waals surface area contributed by atoms with Crippen LogP contribution >= 0.6 is 0 Å². The summed E-state index contributed by atoms with van der Waals surface area (Å²) in [5.41, 5.74) is 1.95. The summed E-state index contributed by atoms with van der Waals surface area (Å²) >= 11 is 0. The Kier molecular flexibility index (Phi) is 3.75. The summed E-state index contributed by atoms with van der Waals surface area (Å²) in [6.45, 7) is 3.97. The molecule has 0 radical (unpaired) electrons. The first-order chi connectivity index (χ1) is 10.7. The van der Waals surface area contributed by atoms with Crippen molar-refractivity contribution in [3.63, 3.8) is 0 Å². The zero-order valence-electron chi connectivity index (χ0n) is 12.4. The second kappa shape index (κ2) is 5.86. The Morgan fingerprint density at radius 3 is 2.18 bits per heavy atom. The molecule has 0 saturated heterocycles. The predicted octanol–water partition coefficient (Wildman–Crippen LogP) is 4.74. The van der Waals surface area contributed by atoms with Gasteiger partial charge in [-0.25, -0.2) is 0 Å². The smallest absolute Gasteiger partial charge is 0.193 e. The number of allylic oxidation sites excluding steroid dienone is 1. The van der Waals surface area contributed by atoms with Crippen molar-refractivity contribution in [2.45, 2.75) is 0 Å². The molecule has 0 saturated carbocycles. The Balaban J connectivity index is 1.92. The standard InChI is InChI=1S/C20H16O2/c1-14(20(21)16-9-11-19(22-2)12-10-16)17-8-7-15-5-3-4-6-18(15)13-17/h3-13H,1H2,2H3. The predicted molar refractivity (Wildman–Crippen MR) is 90.3 cm³/mol. The van der Waals surface area contributed by atoms with Crippen LogP contribution in [0.25, 0.3) is 16.3 Å². The molecule has 0 atom stereocenters. The summed E-state index contributed by atoms with van der Waals surface area (Å²) in [5, 5.41) is 2.25. The first-order valence-electron chi connectivity index (χ1n) is 7.06. The number of benzene rings is 3. The average molecular weight is 288 g/mol. The number of hydrogen-bond donors (Lipinski definition) is 0. The zero-order chi connectivity index (χ0) is 15.5. The first-order valence-corrected chi connectivity index (χ1v) is 7.06. The molecule has 0 aliphatic carbocycles. The van der Waals surface area contributed by atoms with Gasteiger partial charge in [0, 0.05) is 11.1 Å². The second-order valence-electron chi connectivity index (χ2n) is 5.10. The maximum Gasteiger partial charge on any atom is 0.193 e. The molecule has 22 heavy (non-hydrogen) atoms. The van der Waals surface area contributed by atoms with Gasteiger partial charge in [-0.3, -0.25) is 4.79 Å². The Hall–Kier alpha value is -2.87. The van der Waals surface area contributed by atoms with Crippen LogP contribution in [0.5, 0.6) is 5.75 Å². The summed E-state index contributed by atoms with van der Waals surface area (Å²) in [7, 11) is 1.60. The highest BCUT2D eigenvalue weighted by atomic mass is 16.5. The fraction of sp³-hybridized carbons (Fsp3) is 0.0500. The van der Waals surface area contributed by atoms with Gasteiger partial charge in [0.1, 0.15) is 5.75 Å². The van der Waals surface area contributed by atoms with E-state index in [1.807, 2.05) is 42.5 Å². The monoisotopic (exact) mass is 288 g/mol. The Morgan fingerprint density at radius 2 is 1.50 bits per heavy atom. The first kappa shape index (κ1) is 14.1. The topological polar surface area (TPSA) is 26.3 Å². The van der Waals surface area contributed by atoms with E-state index in [0.29, 0.717) is 11.1 Å². The van der Waals surface area contributed by atoms with Crippen LogP contribution in [0.1, 0.15) is 15.9 Å². The van der Waals surface area contributed by atoms with Crippen LogP contribution < -0.4 is 4.74 Å². The minimum atomic E-state index is -0.0714. The number of methoxy groups -OCH3 is 1. The molecule has 0 spiro atoms. The van der Waals surface area contributed by atoms with Gasteiger partial charge in [-0.05, 0) is 46.7 Å². The second-order valence-corrected chi connectivity index (χ2v) is 5.10. The molecule has 0 aliphatic rings. The zero-order valence-corrected chi connectivity index (χ0v) is 12.4. The molecular formula is C20H16O2. The normalized spacial score (nSPS) is 10.4. The number of carbonyl (C=O) groups excluding carboxylic acids is 1. The van der Waals surface area contributed by atoms with Gasteiger partial charge < -0.3 is 4.74 Å². The fourth-order valence-electron chi connectivity index (χ4n) is 2.42. The lowest BCUT2D eigenvalue weighted by Crippen LogP contribution is -2.01. The van der Waals surface area contributed by atoms with Crippen LogP contribution in [0, 0.1) is 0 Å². The molecule has 0 N–H and O–H groups in total. The SMILES string of the molecule is C=C(C(=O)c1ccc(OC)cc1)c1ccc2ccccc2c1. The van der Waals surface area contributed by atoms with E-state index in [2.05, 4.69) is 6.58 Å². The molecule has 3 aromatic carbocycles. The van der Waals surface area contributed by atoms with Gasteiger partial charge in [0.05, 0.1) is 7.11 Å². The lowest BCUT2D eigenvalue weighted by atomic mass is 9.96. The van der Waals surface area contributed by atoms with Crippen molar-refractivity contribution in [1.82, 2.24) is 0 Å². The third-order valence-corrected chi connectivity index (χ3v) is 3.72. The molecule has 3 aromatic rings. The molecule has 0 aliphatic heterocycles. The van der Waals surface area contributed by atoms with Gasteiger partial charge in [-0.2, -0.15) is 0 Å². The van der Waals surface area contributed by atoms with Crippen LogP contribution in [-0.2, 0) is 0 Å². The van der Waals surface area contributed by atoms with E-state index in [9.17, 15) is 4.79 Å². The summed E-state index contributed by atoms with van der Waals surface area (Å²) in [6.07, 6.45) is 0. The fourth-order valence-corrected chi connectivity index (χ4v) is 2.42. The van der Waals surface area contributed by atoms with Crippen molar-refractivity contribution < 1.29 is 9.53 Å². The van der Waals surface area contributed by atoms with Crippen LogP contribution in [0.2, 0.25) is 0 Å². The summed E-state index contributed by atoms with van der Waals surface area (Å²) in [4.78, 5) is 12.5. The Labute approximate surface area is 129 Å². The van der Waals surface area contributed by atoms with Gasteiger partial charge in [-0.15, -0.1) is 0 Å². The molecule has 3 rings (SSSR count). The Bertz CT molecular complexity index is 845. The quantitative estimate of drug-likeness (QED) is 0.512. The molecule has 2 nitrogen and oxygen atoms in total. The van der Waals surface area contributed by atoms with Gasteiger partial charge in [0.15, 0.2) is 5.78 Å². The van der Waals surface area contributed by atoms with E-state index in [4.69, 9.17) is 4.74 Å². The molecular weight excluding hydrogens is 272 g/mol. The minimum absolute atomic E-state index is 0.0714. The van der Waals surface area contributed by atoms with Crippen LogP contribution in [0.15, 0.2) is 73.3 Å². The van der Waals surface area contributed by atoms with E-state index in [0.717, 1.165) is 22.1 Å². The summed E-state index contributed by atoms with van der Waals surface area (Å²) in [6, 6.07) is 21.1. The average Bonchev–Trinajstić information content (AvgIpc) is 2.60. The summed E-state index contributed by atoms with van der Waals surface area (Å²) < 4.78 is 5.11. The highest BCUT2D eigenvalue weighted by molar-refractivity contribution is 6.28. The van der Waals surface area contributed by atoms with Crippen molar-refractivity contribution in [2.75, 3.05) is 7.11 Å². The number of Topliss-reactive ketones (excluding diaryl/α,β-unsaturated/α-hetero) is 1. The third-order valence-electron chi connectivity index (χ3n) is 3.72. The largest absolute Gasteiger partial charge is 0.497 e. The Morgan fingerprint density at radius 1 is 0.864 bits per heavy atom. The van der Waals surface area contributed by atoms with Crippen LogP contribution in [0.4, 0.5) is 0 Å². The van der Waals surface area contributed by atoms with Gasteiger partial charge >= 0.3 is 0 Å². The molecule has 0 amide bonds. The van der Waals surface area contributed by atoms with E-state index >= 15 is 0 Å². The number of ketones is 1. The molecule has 0 heterocycles. The third kappa shape index (κ3) is 2.63. The number of rotatable bonds is 4. The van der Waals surface area contributed by atoms with Crippen LogP contribution in [0.3, 0.4) is 0 Å². The molecule has 0 aromatic heterocycles. The number of hydrogen-bond acceptors (Lipinski definition) is 2. The van der Waals surface area contributed by atoms with Crippen molar-refractivity contribution in [3.05, 3.63) is 84.4 Å². The highest BCUT2D eigenvalue weighted by Gasteiger charge is 2.12. The number of ether oxygens (including phenoxy) is 1. The molecule has 2 heteroatoms. The van der Waals surface area contributed by atoms with E-state index in [-0.39, 0.29) is 5.78 Å². The van der Waals surface area contributed by atoms with Crippen LogP contribution in [-0.4, -0.2) is 12.9 Å². The maximum absolute atomic E-state index is 12.5. The maximum atomic E-state index is 12.5. The number of carbonyl (C=O) groups is 1. The molecule has 108 valence electrons. The van der Waals surface area contributed by atoms with E-state index in [1.54, 1.807) is 31.4 Å². The molecule has 0 bridgehead atoms. The molecule has 0 unspecified atom stereocenters. The number of fused-ring (bicyclic) bond motifs is 1. The molecule has 0 fully saturated rings. The van der Waals surface area contributed by atoms with Gasteiger partial charge in [0.25, 0.3) is 0 Å². The van der Waals surface area contributed by atoms with Crippen molar-refractivity contribution in [2.24, 2.45) is 0 Å². The van der Waals surface area contributed by atoms with Gasteiger partial charge in [0.2, 0.25) is 0 Å².